The second-order valence-electron chi connectivity index (χ2n) is 6.20. The summed E-state index contributed by atoms with van der Waals surface area (Å²) in [6.45, 7) is 12.1. The standard InChI is InChI=1S/C10H21NOS.C9H17NOS/c1-4-7-11(8-5-2)10(12)13-9-6-3;1-2-12-9(11)10-7-5-3-4-6-8-10/h4-9H2,1-3H3;2-8H2,1H3. The summed E-state index contributed by atoms with van der Waals surface area (Å²) in [5, 5.41) is 0.532. The van der Waals surface area contributed by atoms with E-state index in [1.165, 1.54) is 49.2 Å². The lowest BCUT2D eigenvalue weighted by molar-refractivity contribution is 0.223. The maximum Gasteiger partial charge on any atom is 0.281 e. The molecule has 6 heteroatoms. The normalized spacial score (nSPS) is 14.3. The Balaban J connectivity index is 0.000000462. The summed E-state index contributed by atoms with van der Waals surface area (Å²) in [4.78, 5) is 27.0. The molecule has 1 heterocycles. The fourth-order valence-electron chi connectivity index (χ4n) is 2.58. The van der Waals surface area contributed by atoms with Gasteiger partial charge in [-0.1, -0.05) is 64.1 Å². The quantitative estimate of drug-likeness (QED) is 0.526. The van der Waals surface area contributed by atoms with Crippen LogP contribution in [0.15, 0.2) is 0 Å². The first kappa shape index (κ1) is 24.6. The van der Waals surface area contributed by atoms with E-state index in [2.05, 4.69) is 20.8 Å². The Kier molecular flexibility index (Phi) is 16.8. The number of carbonyl (C=O) groups excluding carboxylic acids is 2. The Bertz CT molecular complexity index is 340. The van der Waals surface area contributed by atoms with Crippen LogP contribution in [0.3, 0.4) is 0 Å². The molecule has 0 aromatic carbocycles. The van der Waals surface area contributed by atoms with Gasteiger partial charge in [-0.25, -0.2) is 0 Å². The number of amides is 2. The molecule has 0 aliphatic carbocycles. The third-order valence-electron chi connectivity index (χ3n) is 3.81. The van der Waals surface area contributed by atoms with Gasteiger partial charge in [0.05, 0.1) is 0 Å². The predicted molar refractivity (Wildman–Crippen MR) is 114 cm³/mol. The largest absolute Gasteiger partial charge is 0.334 e. The lowest BCUT2D eigenvalue weighted by Gasteiger charge is -2.20. The van der Waals surface area contributed by atoms with Crippen LogP contribution in [0.2, 0.25) is 0 Å². The Morgan fingerprint density at radius 2 is 1.40 bits per heavy atom. The van der Waals surface area contributed by atoms with E-state index < -0.39 is 0 Å². The molecule has 1 aliphatic heterocycles. The van der Waals surface area contributed by atoms with Gasteiger partial charge in [0.25, 0.3) is 10.5 Å². The zero-order chi connectivity index (χ0) is 18.9. The van der Waals surface area contributed by atoms with E-state index in [1.807, 2.05) is 16.7 Å². The van der Waals surface area contributed by atoms with E-state index in [4.69, 9.17) is 0 Å². The molecule has 4 nitrogen and oxygen atoms in total. The minimum atomic E-state index is 0.255. The molecule has 0 bridgehead atoms. The highest BCUT2D eigenvalue weighted by Gasteiger charge is 2.14. The van der Waals surface area contributed by atoms with Crippen LogP contribution >= 0.6 is 23.5 Å². The van der Waals surface area contributed by atoms with Crippen LogP contribution < -0.4 is 0 Å². The molecule has 2 amide bonds. The first-order valence-electron chi connectivity index (χ1n) is 9.93. The van der Waals surface area contributed by atoms with Crippen molar-refractivity contribution < 1.29 is 9.59 Å². The van der Waals surface area contributed by atoms with Crippen LogP contribution in [-0.4, -0.2) is 58.0 Å². The maximum absolute atomic E-state index is 11.6. The molecule has 1 aliphatic rings. The number of rotatable bonds is 7. The smallest absolute Gasteiger partial charge is 0.281 e. The Morgan fingerprint density at radius 1 is 0.840 bits per heavy atom. The van der Waals surface area contributed by atoms with Crippen LogP contribution in [-0.2, 0) is 0 Å². The van der Waals surface area contributed by atoms with E-state index in [9.17, 15) is 9.59 Å². The molecule has 0 atom stereocenters. The van der Waals surface area contributed by atoms with Crippen molar-refractivity contribution in [1.29, 1.82) is 0 Å². The Morgan fingerprint density at radius 3 is 1.84 bits per heavy atom. The van der Waals surface area contributed by atoms with Gasteiger partial charge in [-0.2, -0.15) is 0 Å². The van der Waals surface area contributed by atoms with Crippen molar-refractivity contribution in [2.75, 3.05) is 37.7 Å². The minimum absolute atomic E-state index is 0.255. The fraction of sp³-hybridized carbons (Fsp3) is 0.895. The summed E-state index contributed by atoms with van der Waals surface area (Å²) < 4.78 is 0. The number of likely N-dealkylation sites (tertiary alicyclic amines) is 1. The SMILES string of the molecule is CCCSC(=O)N(CCC)CCC.CCSC(=O)N1CCCCCC1. The second kappa shape index (κ2) is 17.1. The maximum atomic E-state index is 11.6. The summed E-state index contributed by atoms with van der Waals surface area (Å²) in [5.74, 6) is 1.85. The number of nitrogens with zero attached hydrogens (tertiary/aromatic N) is 2. The van der Waals surface area contributed by atoms with Crippen molar-refractivity contribution in [3.8, 4) is 0 Å². The average Bonchev–Trinajstić information content (AvgIpc) is 2.90. The van der Waals surface area contributed by atoms with E-state index in [0.717, 1.165) is 56.9 Å². The molecule has 0 aromatic rings. The zero-order valence-corrected chi connectivity index (χ0v) is 18.4. The van der Waals surface area contributed by atoms with Gasteiger partial charge in [-0.3, -0.25) is 9.59 Å². The molecule has 1 rings (SSSR count). The Labute approximate surface area is 163 Å². The van der Waals surface area contributed by atoms with E-state index in [-0.39, 0.29) is 10.5 Å². The van der Waals surface area contributed by atoms with E-state index >= 15 is 0 Å². The first-order chi connectivity index (χ1) is 12.1. The molecule has 0 radical (unpaired) electrons. The monoisotopic (exact) mass is 390 g/mol. The van der Waals surface area contributed by atoms with Crippen LogP contribution in [0.4, 0.5) is 9.59 Å². The van der Waals surface area contributed by atoms with Gasteiger partial charge in [0.2, 0.25) is 0 Å². The molecule has 1 saturated heterocycles. The van der Waals surface area contributed by atoms with Crippen LogP contribution in [0.25, 0.3) is 0 Å². The molecule has 1 fully saturated rings. The minimum Gasteiger partial charge on any atom is -0.334 e. The van der Waals surface area contributed by atoms with Crippen LogP contribution in [0.5, 0.6) is 0 Å². The lowest BCUT2D eigenvalue weighted by atomic mass is 10.2. The Hall–Kier alpha value is -0.360. The van der Waals surface area contributed by atoms with Crippen molar-refractivity contribution in [3.05, 3.63) is 0 Å². The topological polar surface area (TPSA) is 40.6 Å². The third-order valence-corrected chi connectivity index (χ3v) is 5.72. The molecule has 148 valence electrons. The molecule has 0 aromatic heterocycles. The van der Waals surface area contributed by atoms with E-state index in [1.54, 1.807) is 0 Å². The van der Waals surface area contributed by atoms with Crippen LogP contribution in [0.1, 0.15) is 72.6 Å². The molecule has 0 N–H and O–H groups in total. The highest BCUT2D eigenvalue weighted by molar-refractivity contribution is 8.13. The number of thioether (sulfide) groups is 2. The fourth-order valence-corrected chi connectivity index (χ4v) is 3.94. The number of hydrogen-bond acceptors (Lipinski definition) is 4. The molecular weight excluding hydrogens is 352 g/mol. The molecule has 0 unspecified atom stereocenters. The summed E-state index contributed by atoms with van der Waals surface area (Å²) in [6.07, 6.45) is 8.15. The number of hydrogen-bond donors (Lipinski definition) is 0. The summed E-state index contributed by atoms with van der Waals surface area (Å²) in [6, 6.07) is 0. The van der Waals surface area contributed by atoms with Gasteiger partial charge < -0.3 is 9.80 Å². The van der Waals surface area contributed by atoms with Crippen molar-refractivity contribution in [3.63, 3.8) is 0 Å². The van der Waals surface area contributed by atoms with Gasteiger partial charge in [-0.15, -0.1) is 0 Å². The van der Waals surface area contributed by atoms with Gasteiger partial charge >= 0.3 is 0 Å². The molecule has 25 heavy (non-hydrogen) atoms. The summed E-state index contributed by atoms with van der Waals surface area (Å²) in [7, 11) is 0. The van der Waals surface area contributed by atoms with Gasteiger partial charge in [-0.05, 0) is 37.9 Å². The number of carbonyl (C=O) groups is 2. The van der Waals surface area contributed by atoms with Gasteiger partial charge in [0.15, 0.2) is 0 Å². The van der Waals surface area contributed by atoms with Crippen LogP contribution in [0, 0.1) is 0 Å². The second-order valence-corrected chi connectivity index (χ2v) is 8.46. The zero-order valence-electron chi connectivity index (χ0n) is 16.7. The average molecular weight is 391 g/mol. The highest BCUT2D eigenvalue weighted by Crippen LogP contribution is 2.15. The van der Waals surface area contributed by atoms with Crippen molar-refractivity contribution in [1.82, 2.24) is 9.80 Å². The van der Waals surface area contributed by atoms with Crippen molar-refractivity contribution in [2.45, 2.75) is 72.6 Å². The van der Waals surface area contributed by atoms with Crippen molar-refractivity contribution >= 4 is 34.0 Å². The first-order valence-corrected chi connectivity index (χ1v) is 11.9. The predicted octanol–water partition coefficient (Wildman–Crippen LogP) is 6.11. The highest BCUT2D eigenvalue weighted by atomic mass is 32.2. The molecule has 0 saturated carbocycles. The van der Waals surface area contributed by atoms with E-state index in [0.29, 0.717) is 0 Å². The summed E-state index contributed by atoms with van der Waals surface area (Å²) in [5.41, 5.74) is 0. The third kappa shape index (κ3) is 12.6. The molecular formula is C19H38N2O2S2. The lowest BCUT2D eigenvalue weighted by Crippen LogP contribution is -2.29. The van der Waals surface area contributed by atoms with Crippen molar-refractivity contribution in [2.24, 2.45) is 0 Å². The van der Waals surface area contributed by atoms with Gasteiger partial charge in [0, 0.05) is 31.9 Å². The summed E-state index contributed by atoms with van der Waals surface area (Å²) >= 11 is 2.89. The van der Waals surface area contributed by atoms with Gasteiger partial charge in [0.1, 0.15) is 0 Å². The molecule has 0 spiro atoms.